The van der Waals surface area contributed by atoms with Gasteiger partial charge in [-0.3, -0.25) is 9.36 Å². The Morgan fingerprint density at radius 1 is 1.05 bits per heavy atom. The van der Waals surface area contributed by atoms with Crippen molar-refractivity contribution in [3.8, 4) is 5.75 Å². The molecule has 1 aliphatic heterocycles. The first-order valence-electron chi connectivity index (χ1n) is 12.8. The van der Waals surface area contributed by atoms with E-state index in [4.69, 9.17) is 32.7 Å². The third-order valence-electron chi connectivity index (χ3n) is 6.40. The van der Waals surface area contributed by atoms with Crippen molar-refractivity contribution in [2.24, 2.45) is 4.99 Å². The summed E-state index contributed by atoms with van der Waals surface area (Å²) in [6.07, 6.45) is -3.41. The number of hydrogen-bond donors (Lipinski definition) is 0. The zero-order valence-corrected chi connectivity index (χ0v) is 29.1. The molecule has 0 spiro atoms. The quantitative estimate of drug-likeness (QED) is 0.143. The highest BCUT2D eigenvalue weighted by Crippen LogP contribution is 2.38. The second-order valence-corrected chi connectivity index (χ2v) is 13.5. The molecule has 1 aliphatic rings. The monoisotopic (exact) mass is 884 g/mol. The summed E-state index contributed by atoms with van der Waals surface area (Å²) in [5.41, 5.74) is -0.978. The molecule has 0 N–H and O–H groups in total. The number of carbonyl (C=O) groups excluding carboxylic acids is 1. The standard InChI is InChI=1S/C30H19Cl2F3I2N2O4S/c1-2-42-28(41)23-24(17-5-9-19(32)10-6-17)39-27(40)22(44-29(39)38-26(23)30(33,34)35)13-16-11-20(36)25(21(37)12-16)43-14-15-3-7-18(31)8-4-15/h3-13,24H,2,14H2,1H3/b22-13-/t24-/m0/s1. The fourth-order valence-corrected chi connectivity index (χ4v) is 7.87. The Balaban J connectivity index is 1.61. The van der Waals surface area contributed by atoms with Gasteiger partial charge in [-0.05, 0) is 111 Å². The summed E-state index contributed by atoms with van der Waals surface area (Å²) in [5, 5.41) is 0.961. The van der Waals surface area contributed by atoms with E-state index in [0.717, 1.165) is 28.6 Å². The van der Waals surface area contributed by atoms with Crippen molar-refractivity contribution in [2.45, 2.75) is 25.7 Å². The first-order chi connectivity index (χ1) is 20.9. The first-order valence-corrected chi connectivity index (χ1v) is 16.5. The zero-order valence-electron chi connectivity index (χ0n) is 22.4. The molecule has 0 unspecified atom stereocenters. The van der Waals surface area contributed by atoms with Crippen molar-refractivity contribution >= 4 is 91.8 Å². The Morgan fingerprint density at radius 2 is 1.64 bits per heavy atom. The SMILES string of the molecule is CCOC(=O)C1=C(C(F)(F)F)N=c2s/c(=C\c3cc(I)c(OCc4ccc(Cl)cc4)c(I)c3)c(=O)n2[C@H]1c1ccc(Cl)cc1. The van der Waals surface area contributed by atoms with Crippen LogP contribution in [0.3, 0.4) is 0 Å². The summed E-state index contributed by atoms with van der Waals surface area (Å²) < 4.78 is 56.8. The van der Waals surface area contributed by atoms with Gasteiger partial charge in [-0.2, -0.15) is 13.2 Å². The number of allylic oxidation sites excluding steroid dienone is 1. The topological polar surface area (TPSA) is 69.9 Å². The number of fused-ring (bicyclic) bond motifs is 1. The average molecular weight is 885 g/mol. The number of alkyl halides is 3. The van der Waals surface area contributed by atoms with Crippen LogP contribution in [0, 0.1) is 7.14 Å². The highest BCUT2D eigenvalue weighted by Gasteiger charge is 2.45. The number of nitrogens with zero attached hydrogens (tertiary/aromatic N) is 2. The van der Waals surface area contributed by atoms with Gasteiger partial charge in [0.1, 0.15) is 12.4 Å². The van der Waals surface area contributed by atoms with Crippen molar-refractivity contribution in [2.75, 3.05) is 6.61 Å². The van der Waals surface area contributed by atoms with Crippen LogP contribution < -0.4 is 19.6 Å². The third kappa shape index (κ3) is 7.03. The van der Waals surface area contributed by atoms with E-state index in [1.165, 1.54) is 31.2 Å². The largest absolute Gasteiger partial charge is 0.487 e. The van der Waals surface area contributed by atoms with Gasteiger partial charge in [0.2, 0.25) is 0 Å². The molecular weight excluding hydrogens is 866 g/mol. The van der Waals surface area contributed by atoms with E-state index in [0.29, 0.717) is 28.0 Å². The number of thiazole rings is 1. The average Bonchev–Trinajstić information content (AvgIpc) is 3.27. The lowest BCUT2D eigenvalue weighted by Crippen LogP contribution is -2.41. The predicted octanol–water partition coefficient (Wildman–Crippen LogP) is 7.44. The summed E-state index contributed by atoms with van der Waals surface area (Å²) in [6, 6.07) is 15.3. The maximum Gasteiger partial charge on any atom is 0.434 e. The molecule has 0 amide bonds. The second kappa shape index (κ2) is 13.5. The summed E-state index contributed by atoms with van der Waals surface area (Å²) >= 11 is 17.0. The molecule has 5 rings (SSSR count). The van der Waals surface area contributed by atoms with Gasteiger partial charge < -0.3 is 9.47 Å². The van der Waals surface area contributed by atoms with Crippen LogP contribution in [0.4, 0.5) is 13.2 Å². The van der Waals surface area contributed by atoms with E-state index >= 15 is 0 Å². The fourth-order valence-electron chi connectivity index (χ4n) is 4.49. The number of ether oxygens (including phenoxy) is 2. The van der Waals surface area contributed by atoms with Gasteiger partial charge in [-0.15, -0.1) is 0 Å². The van der Waals surface area contributed by atoms with E-state index in [2.05, 4.69) is 50.2 Å². The summed E-state index contributed by atoms with van der Waals surface area (Å²) in [7, 11) is 0. The van der Waals surface area contributed by atoms with Crippen LogP contribution in [0.15, 0.2) is 81.7 Å². The van der Waals surface area contributed by atoms with Crippen molar-refractivity contribution in [3.63, 3.8) is 0 Å². The van der Waals surface area contributed by atoms with Gasteiger partial charge >= 0.3 is 12.1 Å². The molecule has 228 valence electrons. The minimum absolute atomic E-state index is 0.135. The van der Waals surface area contributed by atoms with Crippen LogP contribution in [0.2, 0.25) is 10.0 Å². The van der Waals surface area contributed by atoms with E-state index in [1.54, 1.807) is 30.3 Å². The van der Waals surface area contributed by atoms with Crippen molar-refractivity contribution < 1.29 is 27.4 Å². The Hall–Kier alpha value is -2.40. The highest BCUT2D eigenvalue weighted by molar-refractivity contribution is 14.1. The van der Waals surface area contributed by atoms with E-state index in [-0.39, 0.29) is 21.5 Å². The third-order valence-corrected chi connectivity index (χ3v) is 9.48. The number of rotatable bonds is 7. The van der Waals surface area contributed by atoms with E-state index < -0.39 is 35.0 Å². The van der Waals surface area contributed by atoms with Crippen molar-refractivity contribution in [1.29, 1.82) is 0 Å². The normalized spacial score (nSPS) is 15.2. The molecule has 0 fully saturated rings. The number of halogens is 7. The minimum atomic E-state index is -4.99. The molecule has 2 heterocycles. The van der Waals surface area contributed by atoms with Crippen LogP contribution >= 0.6 is 79.7 Å². The van der Waals surface area contributed by atoms with Crippen LogP contribution in [-0.4, -0.2) is 23.3 Å². The van der Waals surface area contributed by atoms with Crippen molar-refractivity contribution in [1.82, 2.24) is 4.57 Å². The lowest BCUT2D eigenvalue weighted by atomic mass is 9.95. The van der Waals surface area contributed by atoms with Gasteiger partial charge in [-0.1, -0.05) is 58.8 Å². The molecule has 0 aliphatic carbocycles. The Labute approximate surface area is 290 Å². The maximum absolute atomic E-state index is 14.3. The molecule has 0 saturated carbocycles. The molecule has 0 saturated heterocycles. The van der Waals surface area contributed by atoms with Crippen LogP contribution in [0.25, 0.3) is 6.08 Å². The zero-order chi connectivity index (χ0) is 31.8. The number of esters is 1. The van der Waals surface area contributed by atoms with Crippen LogP contribution in [0.1, 0.15) is 29.7 Å². The maximum atomic E-state index is 14.3. The van der Waals surface area contributed by atoms with Gasteiger partial charge in [0.05, 0.1) is 29.9 Å². The first kappa shape index (κ1) is 33.0. The molecule has 0 radical (unpaired) electrons. The summed E-state index contributed by atoms with van der Waals surface area (Å²) in [4.78, 5) is 30.4. The lowest BCUT2D eigenvalue weighted by molar-refractivity contribution is -0.140. The van der Waals surface area contributed by atoms with Crippen LogP contribution in [-0.2, 0) is 16.1 Å². The number of aromatic nitrogens is 1. The Morgan fingerprint density at radius 3 is 2.20 bits per heavy atom. The smallest absolute Gasteiger partial charge is 0.434 e. The fraction of sp³-hybridized carbons (Fsp3) is 0.167. The van der Waals surface area contributed by atoms with Crippen molar-refractivity contribution in [3.05, 3.63) is 125 Å². The van der Waals surface area contributed by atoms with Gasteiger partial charge in [0, 0.05) is 10.0 Å². The Bertz CT molecular complexity index is 1940. The molecule has 6 nitrogen and oxygen atoms in total. The molecule has 3 aromatic carbocycles. The van der Waals surface area contributed by atoms with E-state index in [9.17, 15) is 22.8 Å². The number of hydrogen-bond acceptors (Lipinski definition) is 6. The molecule has 44 heavy (non-hydrogen) atoms. The minimum Gasteiger partial charge on any atom is -0.487 e. The molecule has 1 aromatic heterocycles. The number of benzene rings is 3. The van der Waals surface area contributed by atoms with Gasteiger partial charge in [0.25, 0.3) is 5.56 Å². The summed E-state index contributed by atoms with van der Waals surface area (Å²) in [5.74, 6) is -0.563. The number of carbonyl (C=O) groups is 1. The van der Waals surface area contributed by atoms with E-state index in [1.807, 2.05) is 12.1 Å². The molecular formula is C30H19Cl2F3I2N2O4S. The summed E-state index contributed by atoms with van der Waals surface area (Å²) in [6.45, 7) is 1.63. The molecule has 0 bridgehead atoms. The predicted molar refractivity (Wildman–Crippen MR) is 180 cm³/mol. The molecule has 1 atom stereocenters. The highest BCUT2D eigenvalue weighted by atomic mass is 127. The Kier molecular flexibility index (Phi) is 10.1. The lowest BCUT2D eigenvalue weighted by Gasteiger charge is -2.26. The molecule has 4 aromatic rings. The van der Waals surface area contributed by atoms with Gasteiger partial charge in [-0.25, -0.2) is 9.79 Å². The van der Waals surface area contributed by atoms with Crippen LogP contribution in [0.5, 0.6) is 5.75 Å². The second-order valence-electron chi connectivity index (χ2n) is 9.34. The molecule has 14 heteroatoms. The van der Waals surface area contributed by atoms with Gasteiger partial charge in [0.15, 0.2) is 10.5 Å².